The summed E-state index contributed by atoms with van der Waals surface area (Å²) in [7, 11) is 0. The van der Waals surface area contributed by atoms with Gasteiger partial charge in [-0.25, -0.2) is 4.98 Å². The summed E-state index contributed by atoms with van der Waals surface area (Å²) in [5, 5.41) is 1.13. The second kappa shape index (κ2) is 5.85. The molecule has 1 unspecified atom stereocenters. The van der Waals surface area contributed by atoms with E-state index in [1.54, 1.807) is 11.3 Å². The lowest BCUT2D eigenvalue weighted by atomic mass is 10.0. The van der Waals surface area contributed by atoms with Crippen molar-refractivity contribution in [2.24, 2.45) is 5.73 Å². The zero-order valence-corrected chi connectivity index (χ0v) is 12.9. The van der Waals surface area contributed by atoms with Gasteiger partial charge in [-0.05, 0) is 25.3 Å². The third-order valence-electron chi connectivity index (χ3n) is 3.19. The predicted octanol–water partition coefficient (Wildman–Crippen LogP) is 4.13. The van der Waals surface area contributed by atoms with Crippen LogP contribution < -0.4 is 5.73 Å². The SMILES string of the molecule is Cc1sc(CC(C)N)nc1-c1ccc(C(C)C)cc1. The number of thiazole rings is 1. The first-order valence-electron chi connectivity index (χ1n) is 6.79. The Balaban J connectivity index is 2.28. The standard InChI is InChI=1S/C16H22N2S/c1-10(2)13-5-7-14(8-6-13)16-12(4)19-15(18-16)9-11(3)17/h5-8,10-11H,9,17H2,1-4H3. The van der Waals surface area contributed by atoms with E-state index in [4.69, 9.17) is 10.7 Å². The molecule has 1 atom stereocenters. The highest BCUT2D eigenvalue weighted by molar-refractivity contribution is 7.12. The molecule has 3 heteroatoms. The maximum atomic E-state index is 5.84. The molecular formula is C16H22N2S. The second-order valence-corrected chi connectivity index (χ2v) is 6.76. The summed E-state index contributed by atoms with van der Waals surface area (Å²) >= 11 is 1.76. The summed E-state index contributed by atoms with van der Waals surface area (Å²) in [5.74, 6) is 0.569. The molecule has 1 aromatic heterocycles. The van der Waals surface area contributed by atoms with Crippen LogP contribution in [0.3, 0.4) is 0 Å². The predicted molar refractivity (Wildman–Crippen MR) is 83.7 cm³/mol. The summed E-state index contributed by atoms with van der Waals surface area (Å²) in [5.41, 5.74) is 9.52. The minimum Gasteiger partial charge on any atom is -0.328 e. The van der Waals surface area contributed by atoms with Gasteiger partial charge >= 0.3 is 0 Å². The summed E-state index contributed by atoms with van der Waals surface area (Å²) < 4.78 is 0. The highest BCUT2D eigenvalue weighted by atomic mass is 32.1. The molecule has 0 bridgehead atoms. The van der Waals surface area contributed by atoms with Crippen molar-refractivity contribution >= 4 is 11.3 Å². The van der Waals surface area contributed by atoms with Gasteiger partial charge in [-0.3, -0.25) is 0 Å². The zero-order chi connectivity index (χ0) is 14.0. The number of nitrogens with two attached hydrogens (primary N) is 1. The molecule has 0 fully saturated rings. The topological polar surface area (TPSA) is 38.9 Å². The fourth-order valence-electron chi connectivity index (χ4n) is 2.11. The van der Waals surface area contributed by atoms with Gasteiger partial charge < -0.3 is 5.73 Å². The van der Waals surface area contributed by atoms with Crippen molar-refractivity contribution in [2.45, 2.75) is 46.1 Å². The Kier molecular flexibility index (Phi) is 4.38. The molecular weight excluding hydrogens is 252 g/mol. The van der Waals surface area contributed by atoms with Crippen LogP contribution >= 0.6 is 11.3 Å². The molecule has 0 aliphatic carbocycles. The normalized spacial score (nSPS) is 12.9. The molecule has 2 rings (SSSR count). The Labute approximate surface area is 119 Å². The van der Waals surface area contributed by atoms with Crippen LogP contribution in [0.1, 0.15) is 42.1 Å². The van der Waals surface area contributed by atoms with Crippen LogP contribution in [0.2, 0.25) is 0 Å². The van der Waals surface area contributed by atoms with Crippen LogP contribution in [0.15, 0.2) is 24.3 Å². The maximum absolute atomic E-state index is 5.84. The third kappa shape index (κ3) is 3.43. The molecule has 0 aliphatic rings. The average molecular weight is 274 g/mol. The molecule has 0 aliphatic heterocycles. The van der Waals surface area contributed by atoms with Crippen LogP contribution in [-0.4, -0.2) is 11.0 Å². The molecule has 1 heterocycles. The number of rotatable bonds is 4. The van der Waals surface area contributed by atoms with Crippen molar-refractivity contribution in [1.29, 1.82) is 0 Å². The molecule has 0 amide bonds. The van der Waals surface area contributed by atoms with Gasteiger partial charge in [0.25, 0.3) is 0 Å². The molecule has 0 saturated heterocycles. The van der Waals surface area contributed by atoms with E-state index in [2.05, 4.69) is 45.0 Å². The summed E-state index contributed by atoms with van der Waals surface area (Å²) in [6.45, 7) is 8.58. The molecule has 19 heavy (non-hydrogen) atoms. The molecule has 102 valence electrons. The quantitative estimate of drug-likeness (QED) is 0.910. The Morgan fingerprint density at radius 2 is 1.79 bits per heavy atom. The highest BCUT2D eigenvalue weighted by Crippen LogP contribution is 2.29. The molecule has 2 N–H and O–H groups in total. The molecule has 0 spiro atoms. The Morgan fingerprint density at radius 1 is 1.16 bits per heavy atom. The molecule has 2 nitrogen and oxygen atoms in total. The van der Waals surface area contributed by atoms with E-state index in [-0.39, 0.29) is 6.04 Å². The Morgan fingerprint density at radius 3 is 2.32 bits per heavy atom. The van der Waals surface area contributed by atoms with Crippen molar-refractivity contribution in [1.82, 2.24) is 4.98 Å². The lowest BCUT2D eigenvalue weighted by Gasteiger charge is -2.06. The summed E-state index contributed by atoms with van der Waals surface area (Å²) in [6, 6.07) is 8.91. The molecule has 2 aromatic rings. The first kappa shape index (κ1) is 14.2. The maximum Gasteiger partial charge on any atom is 0.0950 e. The number of nitrogens with zero attached hydrogens (tertiary/aromatic N) is 1. The van der Waals surface area contributed by atoms with Gasteiger partial charge in [0.2, 0.25) is 0 Å². The van der Waals surface area contributed by atoms with E-state index in [0.717, 1.165) is 17.1 Å². The van der Waals surface area contributed by atoms with Crippen molar-refractivity contribution in [2.75, 3.05) is 0 Å². The van der Waals surface area contributed by atoms with Gasteiger partial charge in [0.15, 0.2) is 0 Å². The Hall–Kier alpha value is -1.19. The van der Waals surface area contributed by atoms with Gasteiger partial charge in [0.05, 0.1) is 10.7 Å². The Bertz CT molecular complexity index is 538. The van der Waals surface area contributed by atoms with Crippen LogP contribution in [0, 0.1) is 6.92 Å². The third-order valence-corrected chi connectivity index (χ3v) is 4.18. The van der Waals surface area contributed by atoms with E-state index in [9.17, 15) is 0 Å². The van der Waals surface area contributed by atoms with Gasteiger partial charge in [-0.1, -0.05) is 38.1 Å². The lowest BCUT2D eigenvalue weighted by molar-refractivity contribution is 0.734. The summed E-state index contributed by atoms with van der Waals surface area (Å²) in [4.78, 5) is 6.00. The van der Waals surface area contributed by atoms with Crippen LogP contribution in [0.4, 0.5) is 0 Å². The van der Waals surface area contributed by atoms with Gasteiger partial charge in [-0.15, -0.1) is 11.3 Å². The van der Waals surface area contributed by atoms with Crippen molar-refractivity contribution in [3.8, 4) is 11.3 Å². The van der Waals surface area contributed by atoms with Crippen molar-refractivity contribution in [3.05, 3.63) is 39.7 Å². The van der Waals surface area contributed by atoms with Crippen LogP contribution in [0.5, 0.6) is 0 Å². The van der Waals surface area contributed by atoms with E-state index in [0.29, 0.717) is 5.92 Å². The van der Waals surface area contributed by atoms with E-state index in [1.165, 1.54) is 16.0 Å². The second-order valence-electron chi connectivity index (χ2n) is 5.47. The van der Waals surface area contributed by atoms with Gasteiger partial charge in [0.1, 0.15) is 0 Å². The van der Waals surface area contributed by atoms with E-state index >= 15 is 0 Å². The fourth-order valence-corrected chi connectivity index (χ4v) is 3.20. The molecule has 0 saturated carbocycles. The number of benzene rings is 1. The van der Waals surface area contributed by atoms with Gasteiger partial charge in [0, 0.05) is 22.9 Å². The number of hydrogen-bond donors (Lipinski definition) is 1. The minimum absolute atomic E-state index is 0.168. The van der Waals surface area contributed by atoms with E-state index in [1.807, 2.05) is 6.92 Å². The number of hydrogen-bond acceptors (Lipinski definition) is 3. The minimum atomic E-state index is 0.168. The smallest absolute Gasteiger partial charge is 0.0950 e. The number of aromatic nitrogens is 1. The zero-order valence-electron chi connectivity index (χ0n) is 12.1. The van der Waals surface area contributed by atoms with Crippen LogP contribution in [-0.2, 0) is 6.42 Å². The fraction of sp³-hybridized carbons (Fsp3) is 0.438. The lowest BCUT2D eigenvalue weighted by Crippen LogP contribution is -2.17. The van der Waals surface area contributed by atoms with Crippen LogP contribution in [0.25, 0.3) is 11.3 Å². The van der Waals surface area contributed by atoms with Gasteiger partial charge in [-0.2, -0.15) is 0 Å². The van der Waals surface area contributed by atoms with Crippen molar-refractivity contribution in [3.63, 3.8) is 0 Å². The first-order valence-corrected chi connectivity index (χ1v) is 7.61. The van der Waals surface area contributed by atoms with Crippen molar-refractivity contribution < 1.29 is 0 Å². The first-order chi connectivity index (χ1) is 8.97. The largest absolute Gasteiger partial charge is 0.328 e. The monoisotopic (exact) mass is 274 g/mol. The average Bonchev–Trinajstić information content (AvgIpc) is 2.69. The molecule has 1 aromatic carbocycles. The summed E-state index contributed by atoms with van der Waals surface area (Å²) in [6.07, 6.45) is 0.857. The number of aryl methyl sites for hydroxylation is 1. The van der Waals surface area contributed by atoms with E-state index < -0.39 is 0 Å². The molecule has 0 radical (unpaired) electrons. The highest BCUT2D eigenvalue weighted by Gasteiger charge is 2.11.